The molecule has 6 nitrogen and oxygen atoms in total. The Kier molecular flexibility index (Phi) is 5.12. The highest BCUT2D eigenvalue weighted by Gasteiger charge is 2.37. The zero-order valence-electron chi connectivity index (χ0n) is 10.6. The Bertz CT molecular complexity index is 337. The third-order valence-electron chi connectivity index (χ3n) is 3.08. The second-order valence-electron chi connectivity index (χ2n) is 5.14. The fourth-order valence-corrected chi connectivity index (χ4v) is 1.48. The third kappa shape index (κ3) is 6.22. The number of nitrogens with one attached hydrogen (secondary N) is 2. The monoisotopic (exact) mass is 256 g/mol. The molecule has 1 aliphatic carbocycles. The molecule has 3 N–H and O–H groups in total. The van der Waals surface area contributed by atoms with Crippen molar-refractivity contribution < 1.29 is 19.5 Å². The fourth-order valence-electron chi connectivity index (χ4n) is 1.48. The van der Waals surface area contributed by atoms with E-state index >= 15 is 0 Å². The summed E-state index contributed by atoms with van der Waals surface area (Å²) in [4.78, 5) is 32.9. The molecule has 1 saturated carbocycles. The van der Waals surface area contributed by atoms with Gasteiger partial charge < -0.3 is 10.4 Å². The summed E-state index contributed by atoms with van der Waals surface area (Å²) in [5, 5.41) is 13.3. The number of carbonyl (C=O) groups is 3. The highest BCUT2D eigenvalue weighted by molar-refractivity contribution is 5.94. The maximum Gasteiger partial charge on any atom is 0.321 e. The maximum absolute atomic E-state index is 11.3. The average Bonchev–Trinajstić information content (AvgIpc) is 3.01. The minimum atomic E-state index is -0.870. The van der Waals surface area contributed by atoms with Gasteiger partial charge in [0.15, 0.2) is 0 Å². The minimum absolute atomic E-state index is 0.0534. The van der Waals surface area contributed by atoms with Crippen molar-refractivity contribution >= 4 is 17.9 Å². The number of hydrogen-bond acceptors (Lipinski definition) is 3. The Hall–Kier alpha value is -1.59. The second kappa shape index (κ2) is 6.37. The first-order chi connectivity index (χ1) is 8.41. The van der Waals surface area contributed by atoms with Crippen molar-refractivity contribution in [3.05, 3.63) is 0 Å². The molecular formula is C12H20N2O4. The van der Waals surface area contributed by atoms with E-state index in [1.165, 1.54) is 0 Å². The van der Waals surface area contributed by atoms with Gasteiger partial charge in [0.05, 0.1) is 0 Å². The Labute approximate surface area is 106 Å². The largest absolute Gasteiger partial charge is 0.481 e. The van der Waals surface area contributed by atoms with Gasteiger partial charge in [0.1, 0.15) is 0 Å². The van der Waals surface area contributed by atoms with Crippen LogP contribution in [0.25, 0.3) is 0 Å². The van der Waals surface area contributed by atoms with E-state index in [1.807, 2.05) is 0 Å². The van der Waals surface area contributed by atoms with Crippen molar-refractivity contribution in [1.29, 1.82) is 0 Å². The Balaban J connectivity index is 2.04. The number of hydrogen-bond donors (Lipinski definition) is 3. The van der Waals surface area contributed by atoms with Crippen LogP contribution in [-0.2, 0) is 9.59 Å². The van der Waals surface area contributed by atoms with Crippen molar-refractivity contribution in [3.63, 3.8) is 0 Å². The van der Waals surface area contributed by atoms with Crippen LogP contribution in [0.5, 0.6) is 0 Å². The van der Waals surface area contributed by atoms with E-state index in [2.05, 4.69) is 17.6 Å². The lowest BCUT2D eigenvalue weighted by Gasteiger charge is -2.10. The Morgan fingerprint density at radius 3 is 2.33 bits per heavy atom. The van der Waals surface area contributed by atoms with Crippen molar-refractivity contribution in [2.24, 2.45) is 5.41 Å². The number of aliphatic carboxylic acids is 1. The summed E-state index contributed by atoms with van der Waals surface area (Å²) in [6, 6.07) is -0.466. The van der Waals surface area contributed by atoms with Gasteiger partial charge >= 0.3 is 12.0 Å². The number of urea groups is 1. The lowest BCUT2D eigenvalue weighted by atomic mass is 10.1. The molecule has 1 fully saturated rings. The van der Waals surface area contributed by atoms with E-state index in [0.29, 0.717) is 19.4 Å². The molecule has 3 amide bonds. The molecule has 0 heterocycles. The number of carboxylic acids is 1. The number of imide groups is 1. The summed E-state index contributed by atoms with van der Waals surface area (Å²) in [5.41, 5.74) is 0.210. The van der Waals surface area contributed by atoms with Crippen LogP contribution in [0.3, 0.4) is 0 Å². The predicted molar refractivity (Wildman–Crippen MR) is 65.0 cm³/mol. The number of rotatable bonds is 7. The second-order valence-corrected chi connectivity index (χ2v) is 5.14. The lowest BCUT2D eigenvalue weighted by molar-refractivity contribution is -0.137. The molecule has 0 aromatic heterocycles. The third-order valence-corrected chi connectivity index (χ3v) is 3.08. The van der Waals surface area contributed by atoms with Crippen LogP contribution in [0.15, 0.2) is 0 Å². The molecule has 0 aromatic rings. The van der Waals surface area contributed by atoms with Gasteiger partial charge in [0, 0.05) is 19.4 Å². The Morgan fingerprint density at radius 2 is 1.78 bits per heavy atom. The van der Waals surface area contributed by atoms with E-state index in [-0.39, 0.29) is 24.2 Å². The van der Waals surface area contributed by atoms with Crippen LogP contribution in [-0.4, -0.2) is 29.6 Å². The lowest BCUT2D eigenvalue weighted by Crippen LogP contribution is -2.41. The fraction of sp³-hybridized carbons (Fsp3) is 0.750. The van der Waals surface area contributed by atoms with Crippen molar-refractivity contribution in [2.45, 2.75) is 45.4 Å². The predicted octanol–water partition coefficient (Wildman–Crippen LogP) is 1.26. The summed E-state index contributed by atoms with van der Waals surface area (Å²) < 4.78 is 0. The molecular weight excluding hydrogens is 236 g/mol. The first kappa shape index (κ1) is 14.5. The molecule has 102 valence electrons. The standard InChI is InChI=1S/C12H20N2O4/c1-12(6-7-12)8-13-11(18)14-9(15)4-2-3-5-10(16)17/h2-8H2,1H3,(H,16,17)(H2,13,14,15,18). The highest BCUT2D eigenvalue weighted by Crippen LogP contribution is 2.43. The van der Waals surface area contributed by atoms with E-state index in [0.717, 1.165) is 12.8 Å². The van der Waals surface area contributed by atoms with Gasteiger partial charge in [-0.2, -0.15) is 0 Å². The Morgan fingerprint density at radius 1 is 1.17 bits per heavy atom. The number of unbranched alkanes of at least 4 members (excludes halogenated alkanes) is 1. The van der Waals surface area contributed by atoms with Gasteiger partial charge in [-0.15, -0.1) is 0 Å². The molecule has 1 rings (SSSR count). The zero-order chi connectivity index (χ0) is 13.6. The van der Waals surface area contributed by atoms with Crippen LogP contribution in [0, 0.1) is 5.41 Å². The smallest absolute Gasteiger partial charge is 0.321 e. The van der Waals surface area contributed by atoms with Crippen LogP contribution in [0.1, 0.15) is 45.4 Å². The van der Waals surface area contributed by atoms with E-state index in [9.17, 15) is 14.4 Å². The molecule has 0 aliphatic heterocycles. The number of carboxylic acid groups (broad SMARTS) is 1. The minimum Gasteiger partial charge on any atom is -0.481 e. The molecule has 0 saturated heterocycles. The molecule has 0 unspecified atom stereocenters. The molecule has 1 aliphatic rings. The van der Waals surface area contributed by atoms with Gasteiger partial charge in [0.2, 0.25) is 5.91 Å². The zero-order valence-corrected chi connectivity index (χ0v) is 10.6. The quantitative estimate of drug-likeness (QED) is 0.597. The van der Waals surface area contributed by atoms with Crippen LogP contribution >= 0.6 is 0 Å². The van der Waals surface area contributed by atoms with Crippen LogP contribution in [0.2, 0.25) is 0 Å². The van der Waals surface area contributed by atoms with Gasteiger partial charge in [-0.25, -0.2) is 4.79 Å². The van der Waals surface area contributed by atoms with Crippen molar-refractivity contribution in [1.82, 2.24) is 10.6 Å². The normalized spacial score (nSPS) is 15.8. The molecule has 0 atom stereocenters. The van der Waals surface area contributed by atoms with E-state index < -0.39 is 12.0 Å². The van der Waals surface area contributed by atoms with Crippen molar-refractivity contribution in [2.75, 3.05) is 6.54 Å². The summed E-state index contributed by atoms with van der Waals surface area (Å²) in [6.07, 6.45) is 3.37. The molecule has 18 heavy (non-hydrogen) atoms. The van der Waals surface area contributed by atoms with Crippen LogP contribution in [0.4, 0.5) is 4.79 Å². The summed E-state index contributed by atoms with van der Waals surface area (Å²) in [7, 11) is 0. The SMILES string of the molecule is CC1(CNC(=O)NC(=O)CCCCC(=O)O)CC1. The van der Waals surface area contributed by atoms with Crippen LogP contribution < -0.4 is 10.6 Å². The van der Waals surface area contributed by atoms with Gasteiger partial charge in [-0.3, -0.25) is 14.9 Å². The summed E-state index contributed by atoms with van der Waals surface area (Å²) >= 11 is 0. The molecule has 0 aromatic carbocycles. The number of amides is 3. The van der Waals surface area contributed by atoms with Gasteiger partial charge in [-0.1, -0.05) is 6.92 Å². The first-order valence-corrected chi connectivity index (χ1v) is 6.21. The maximum atomic E-state index is 11.3. The van der Waals surface area contributed by atoms with Crippen molar-refractivity contribution in [3.8, 4) is 0 Å². The first-order valence-electron chi connectivity index (χ1n) is 6.21. The average molecular weight is 256 g/mol. The number of carbonyl (C=O) groups excluding carboxylic acids is 2. The topological polar surface area (TPSA) is 95.5 Å². The van der Waals surface area contributed by atoms with Gasteiger partial charge in [-0.05, 0) is 31.1 Å². The highest BCUT2D eigenvalue weighted by atomic mass is 16.4. The van der Waals surface area contributed by atoms with Gasteiger partial charge in [0.25, 0.3) is 0 Å². The molecule has 6 heteroatoms. The summed E-state index contributed by atoms with van der Waals surface area (Å²) in [6.45, 7) is 2.67. The molecule has 0 radical (unpaired) electrons. The summed E-state index contributed by atoms with van der Waals surface area (Å²) in [5.74, 6) is -1.23. The van der Waals surface area contributed by atoms with E-state index in [4.69, 9.17) is 5.11 Å². The van der Waals surface area contributed by atoms with E-state index in [1.54, 1.807) is 0 Å². The molecule has 0 spiro atoms. The molecule has 0 bridgehead atoms.